The lowest BCUT2D eigenvalue weighted by Gasteiger charge is -1.97. The van der Waals surface area contributed by atoms with Gasteiger partial charge in [-0.3, -0.25) is 0 Å². The first-order chi connectivity index (χ1) is 5.65. The standard InChI is InChI=1S/C6H5BrN2O3/c7-3-4-1-2-5(10)8-6(4)9(11)12/h1-2H,3H2,(H,8,10). The molecular weight excluding hydrogens is 228 g/mol. The van der Waals surface area contributed by atoms with Crippen LogP contribution in [-0.2, 0) is 5.33 Å². The van der Waals surface area contributed by atoms with Crippen LogP contribution >= 0.6 is 15.9 Å². The molecule has 1 aromatic heterocycles. The van der Waals surface area contributed by atoms with Gasteiger partial charge in [0.1, 0.15) is 0 Å². The van der Waals surface area contributed by atoms with Gasteiger partial charge in [-0.15, -0.1) is 0 Å². The maximum atomic E-state index is 10.7. The van der Waals surface area contributed by atoms with Crippen LogP contribution in [0.25, 0.3) is 0 Å². The maximum Gasteiger partial charge on any atom is 0.331 e. The van der Waals surface area contributed by atoms with Crippen LogP contribution < -0.4 is 5.56 Å². The Morgan fingerprint density at radius 2 is 2.25 bits per heavy atom. The summed E-state index contributed by atoms with van der Waals surface area (Å²) in [5.41, 5.74) is -0.00833. The summed E-state index contributed by atoms with van der Waals surface area (Å²) in [6, 6.07) is 2.68. The van der Waals surface area contributed by atoms with Crippen LogP contribution in [0.1, 0.15) is 5.56 Å². The highest BCUT2D eigenvalue weighted by Crippen LogP contribution is 2.14. The van der Waals surface area contributed by atoms with Crippen molar-refractivity contribution in [3.8, 4) is 0 Å². The van der Waals surface area contributed by atoms with E-state index in [1.54, 1.807) is 0 Å². The summed E-state index contributed by atoms with van der Waals surface area (Å²) in [5.74, 6) is -0.251. The second-order valence-electron chi connectivity index (χ2n) is 2.09. The van der Waals surface area contributed by atoms with Crippen LogP contribution in [-0.4, -0.2) is 9.91 Å². The number of aromatic amines is 1. The van der Waals surface area contributed by atoms with E-state index < -0.39 is 10.5 Å². The predicted octanol–water partition coefficient (Wildman–Crippen LogP) is 1.18. The molecule has 0 bridgehead atoms. The maximum absolute atomic E-state index is 10.7. The highest BCUT2D eigenvalue weighted by atomic mass is 79.9. The third kappa shape index (κ3) is 1.70. The summed E-state index contributed by atoms with van der Waals surface area (Å²) in [7, 11) is 0. The minimum atomic E-state index is -0.613. The van der Waals surface area contributed by atoms with Gasteiger partial charge in [-0.25, -0.2) is 9.78 Å². The van der Waals surface area contributed by atoms with Crippen molar-refractivity contribution in [3.63, 3.8) is 0 Å². The van der Waals surface area contributed by atoms with Crippen molar-refractivity contribution in [3.05, 3.63) is 38.2 Å². The summed E-state index contributed by atoms with van der Waals surface area (Å²) in [4.78, 5) is 22.6. The van der Waals surface area contributed by atoms with E-state index in [4.69, 9.17) is 0 Å². The average molecular weight is 233 g/mol. The minimum absolute atomic E-state index is 0.251. The van der Waals surface area contributed by atoms with E-state index in [1.807, 2.05) is 0 Å². The first kappa shape index (κ1) is 8.92. The van der Waals surface area contributed by atoms with Gasteiger partial charge in [-0.1, -0.05) is 15.9 Å². The van der Waals surface area contributed by atoms with Gasteiger partial charge in [0.15, 0.2) is 0 Å². The summed E-state index contributed by atoms with van der Waals surface area (Å²) in [6.07, 6.45) is 0. The van der Waals surface area contributed by atoms with Gasteiger partial charge in [0.2, 0.25) is 0 Å². The van der Waals surface area contributed by atoms with Gasteiger partial charge >= 0.3 is 11.4 Å². The quantitative estimate of drug-likeness (QED) is 0.473. The molecule has 0 saturated heterocycles. The van der Waals surface area contributed by atoms with Crippen molar-refractivity contribution < 1.29 is 4.92 Å². The van der Waals surface area contributed by atoms with Crippen molar-refractivity contribution in [1.82, 2.24) is 4.98 Å². The SMILES string of the molecule is O=c1ccc(CBr)c([N+](=O)[O-])[nH]1. The number of hydrogen-bond donors (Lipinski definition) is 1. The second-order valence-corrected chi connectivity index (χ2v) is 2.65. The molecule has 0 amide bonds. The Labute approximate surface area is 75.7 Å². The smallest absolute Gasteiger partial charge is 0.331 e. The second kappa shape index (κ2) is 3.48. The van der Waals surface area contributed by atoms with Gasteiger partial charge in [0.25, 0.3) is 0 Å². The molecule has 0 unspecified atom stereocenters. The summed E-state index contributed by atoms with van der Waals surface area (Å²) >= 11 is 3.07. The number of pyridine rings is 1. The molecule has 0 fully saturated rings. The Kier molecular flexibility index (Phi) is 2.59. The fraction of sp³-hybridized carbons (Fsp3) is 0.167. The average Bonchev–Trinajstić information content (AvgIpc) is 2.04. The lowest BCUT2D eigenvalue weighted by molar-refractivity contribution is -0.390. The molecule has 0 aliphatic heterocycles. The summed E-state index contributed by atoms with van der Waals surface area (Å²) < 4.78 is 0. The highest BCUT2D eigenvalue weighted by molar-refractivity contribution is 9.08. The number of H-pyrrole nitrogens is 1. The lowest BCUT2D eigenvalue weighted by Crippen LogP contribution is -2.08. The number of alkyl halides is 1. The van der Waals surface area contributed by atoms with Crippen molar-refractivity contribution in [1.29, 1.82) is 0 Å². The van der Waals surface area contributed by atoms with Crippen molar-refractivity contribution in [2.24, 2.45) is 0 Å². The molecule has 0 aliphatic rings. The molecule has 1 heterocycles. The minimum Gasteiger partial charge on any atom is -0.358 e. The molecule has 0 saturated carbocycles. The molecular formula is C6H5BrN2O3. The third-order valence-electron chi connectivity index (χ3n) is 1.31. The zero-order valence-corrected chi connectivity index (χ0v) is 7.50. The molecule has 1 aromatic rings. The molecule has 0 radical (unpaired) electrons. The normalized spacial score (nSPS) is 9.75. The Balaban J connectivity index is 3.31. The molecule has 1 N–H and O–H groups in total. The fourth-order valence-corrected chi connectivity index (χ4v) is 1.22. The van der Waals surface area contributed by atoms with Crippen LogP contribution in [0.5, 0.6) is 0 Å². The zero-order chi connectivity index (χ0) is 9.14. The Hall–Kier alpha value is -1.17. The molecule has 6 heteroatoms. The summed E-state index contributed by atoms with van der Waals surface area (Å²) in [5, 5.41) is 10.7. The fourth-order valence-electron chi connectivity index (χ4n) is 0.765. The third-order valence-corrected chi connectivity index (χ3v) is 1.91. The molecule has 0 aliphatic carbocycles. The number of rotatable bonds is 2. The first-order valence-corrected chi connectivity index (χ1v) is 4.20. The number of nitrogens with zero attached hydrogens (tertiary/aromatic N) is 1. The topological polar surface area (TPSA) is 76.0 Å². The monoisotopic (exact) mass is 232 g/mol. The highest BCUT2D eigenvalue weighted by Gasteiger charge is 2.10. The Morgan fingerprint density at radius 1 is 1.58 bits per heavy atom. The Morgan fingerprint density at radius 3 is 2.75 bits per heavy atom. The predicted molar refractivity (Wildman–Crippen MR) is 46.3 cm³/mol. The van der Waals surface area contributed by atoms with E-state index in [9.17, 15) is 14.9 Å². The molecule has 12 heavy (non-hydrogen) atoms. The van der Waals surface area contributed by atoms with Crippen LogP contribution in [0.4, 0.5) is 5.82 Å². The molecule has 1 rings (SSSR count). The van der Waals surface area contributed by atoms with E-state index in [0.29, 0.717) is 10.9 Å². The van der Waals surface area contributed by atoms with Crippen LogP contribution in [0.2, 0.25) is 0 Å². The number of halogens is 1. The van der Waals surface area contributed by atoms with E-state index >= 15 is 0 Å². The lowest BCUT2D eigenvalue weighted by atomic mass is 10.3. The van der Waals surface area contributed by atoms with Gasteiger partial charge in [0, 0.05) is 11.4 Å². The van der Waals surface area contributed by atoms with E-state index in [-0.39, 0.29) is 5.82 Å². The largest absolute Gasteiger partial charge is 0.358 e. The number of nitro groups is 1. The van der Waals surface area contributed by atoms with Gasteiger partial charge < -0.3 is 10.1 Å². The van der Waals surface area contributed by atoms with Gasteiger partial charge in [-0.2, -0.15) is 0 Å². The number of hydrogen-bond acceptors (Lipinski definition) is 3. The van der Waals surface area contributed by atoms with E-state index in [2.05, 4.69) is 20.9 Å². The van der Waals surface area contributed by atoms with Crippen LogP contribution in [0.3, 0.4) is 0 Å². The zero-order valence-electron chi connectivity index (χ0n) is 5.91. The van der Waals surface area contributed by atoms with Crippen molar-refractivity contribution in [2.75, 3.05) is 0 Å². The van der Waals surface area contributed by atoms with Gasteiger partial charge in [0.05, 0.1) is 5.56 Å². The molecule has 0 aromatic carbocycles. The van der Waals surface area contributed by atoms with Crippen LogP contribution in [0.15, 0.2) is 16.9 Å². The summed E-state index contributed by atoms with van der Waals surface area (Å²) in [6.45, 7) is 0. The molecule has 5 nitrogen and oxygen atoms in total. The van der Waals surface area contributed by atoms with Crippen molar-refractivity contribution >= 4 is 21.7 Å². The molecule has 0 spiro atoms. The first-order valence-electron chi connectivity index (χ1n) is 3.07. The molecule has 64 valence electrons. The number of nitrogens with one attached hydrogen (secondary N) is 1. The van der Waals surface area contributed by atoms with E-state index in [1.165, 1.54) is 12.1 Å². The van der Waals surface area contributed by atoms with E-state index in [0.717, 1.165) is 0 Å². The number of aromatic nitrogens is 1. The van der Waals surface area contributed by atoms with Gasteiger partial charge in [-0.05, 0) is 11.0 Å². The van der Waals surface area contributed by atoms with Crippen LogP contribution in [0, 0.1) is 10.1 Å². The molecule has 0 atom stereocenters. The Bertz CT molecular complexity index is 360. The van der Waals surface area contributed by atoms with Crippen molar-refractivity contribution in [2.45, 2.75) is 5.33 Å².